The molecule has 0 bridgehead atoms. The van der Waals surface area contributed by atoms with E-state index in [0.29, 0.717) is 18.2 Å². The maximum absolute atomic E-state index is 12.1. The van der Waals surface area contributed by atoms with Crippen molar-refractivity contribution in [3.05, 3.63) is 12.4 Å². The lowest BCUT2D eigenvalue weighted by molar-refractivity contribution is -0.117. The third kappa shape index (κ3) is 1.82. The van der Waals surface area contributed by atoms with E-state index in [1.807, 2.05) is 0 Å². The van der Waals surface area contributed by atoms with Gasteiger partial charge in [-0.05, 0) is 19.3 Å². The molecule has 1 amide bonds. The van der Waals surface area contributed by atoms with Crippen LogP contribution in [0, 0.1) is 0 Å². The zero-order valence-electron chi connectivity index (χ0n) is 10.3. The highest BCUT2D eigenvalue weighted by Crippen LogP contribution is 2.33. The quantitative estimate of drug-likeness (QED) is 0.838. The van der Waals surface area contributed by atoms with E-state index in [2.05, 4.69) is 15.3 Å². The SMILES string of the molecule is CO[C@@H]1CC[C@H](N2C(=O)CNc3nccnc32)C1. The Morgan fingerprint density at radius 2 is 2.22 bits per heavy atom. The van der Waals surface area contributed by atoms with E-state index in [1.54, 1.807) is 24.4 Å². The van der Waals surface area contributed by atoms with Crippen LogP contribution in [0.25, 0.3) is 0 Å². The molecule has 1 aliphatic heterocycles. The van der Waals surface area contributed by atoms with Crippen molar-refractivity contribution < 1.29 is 9.53 Å². The molecule has 1 N–H and O–H groups in total. The first-order valence-corrected chi connectivity index (χ1v) is 6.19. The molecule has 2 atom stereocenters. The van der Waals surface area contributed by atoms with Gasteiger partial charge in [0, 0.05) is 25.5 Å². The van der Waals surface area contributed by atoms with Crippen LogP contribution in [0.2, 0.25) is 0 Å². The summed E-state index contributed by atoms with van der Waals surface area (Å²) in [5.74, 6) is 1.40. The lowest BCUT2D eigenvalue weighted by Crippen LogP contribution is -2.46. The summed E-state index contributed by atoms with van der Waals surface area (Å²) in [6.45, 7) is 0.292. The summed E-state index contributed by atoms with van der Waals surface area (Å²) in [7, 11) is 1.72. The Bertz CT molecular complexity index is 465. The van der Waals surface area contributed by atoms with Gasteiger partial charge in [0.05, 0.1) is 12.6 Å². The fraction of sp³-hybridized carbons (Fsp3) is 0.583. The standard InChI is InChI=1S/C12H16N4O2/c1-18-9-3-2-8(6-9)16-10(17)7-15-11-12(16)14-5-4-13-11/h4-5,8-9H,2-3,6-7H2,1H3,(H,13,15)/t8-,9+/m0/s1. The molecule has 0 aromatic carbocycles. The average molecular weight is 248 g/mol. The van der Waals surface area contributed by atoms with Gasteiger partial charge in [0.15, 0.2) is 11.6 Å². The second-order valence-corrected chi connectivity index (χ2v) is 4.67. The summed E-state index contributed by atoms with van der Waals surface area (Å²) in [6, 6.07) is 0.181. The third-order valence-corrected chi connectivity index (χ3v) is 3.64. The molecule has 1 aromatic rings. The van der Waals surface area contributed by atoms with Crippen molar-refractivity contribution >= 4 is 17.5 Å². The number of anilines is 2. The molecule has 0 unspecified atom stereocenters. The molecule has 0 spiro atoms. The van der Waals surface area contributed by atoms with Crippen molar-refractivity contribution in [1.29, 1.82) is 0 Å². The Morgan fingerprint density at radius 3 is 3.00 bits per heavy atom. The molecule has 18 heavy (non-hydrogen) atoms. The number of amides is 1. The molecule has 2 heterocycles. The summed E-state index contributed by atoms with van der Waals surface area (Å²) in [6.07, 6.45) is 6.33. The van der Waals surface area contributed by atoms with Gasteiger partial charge in [0.25, 0.3) is 0 Å². The van der Waals surface area contributed by atoms with Crippen LogP contribution in [0.5, 0.6) is 0 Å². The van der Waals surface area contributed by atoms with Gasteiger partial charge in [-0.15, -0.1) is 0 Å². The Hall–Kier alpha value is -1.69. The van der Waals surface area contributed by atoms with E-state index in [1.165, 1.54) is 0 Å². The molecule has 1 aliphatic carbocycles. The van der Waals surface area contributed by atoms with E-state index < -0.39 is 0 Å². The molecule has 0 radical (unpaired) electrons. The number of nitrogens with zero attached hydrogens (tertiary/aromatic N) is 3. The Labute approximate surface area is 105 Å². The van der Waals surface area contributed by atoms with E-state index in [-0.39, 0.29) is 18.1 Å². The Morgan fingerprint density at radius 1 is 1.39 bits per heavy atom. The van der Waals surface area contributed by atoms with Crippen LogP contribution in [-0.4, -0.2) is 41.7 Å². The van der Waals surface area contributed by atoms with Crippen LogP contribution in [0.4, 0.5) is 11.6 Å². The summed E-state index contributed by atoms with van der Waals surface area (Å²) >= 11 is 0. The molecule has 1 saturated carbocycles. The van der Waals surface area contributed by atoms with Crippen molar-refractivity contribution in [1.82, 2.24) is 9.97 Å². The maximum atomic E-state index is 12.1. The fourth-order valence-electron chi connectivity index (χ4n) is 2.74. The fourth-order valence-corrected chi connectivity index (χ4v) is 2.74. The monoisotopic (exact) mass is 248 g/mol. The van der Waals surface area contributed by atoms with Crippen LogP contribution in [0.15, 0.2) is 12.4 Å². The number of ether oxygens (including phenoxy) is 1. The largest absolute Gasteiger partial charge is 0.381 e. The first-order chi connectivity index (χ1) is 8.79. The number of hydrogen-bond donors (Lipinski definition) is 1. The second kappa shape index (κ2) is 4.53. The topological polar surface area (TPSA) is 67.3 Å². The minimum atomic E-state index is 0.0600. The number of nitrogens with one attached hydrogen (secondary N) is 1. The van der Waals surface area contributed by atoms with Crippen molar-refractivity contribution in [3.63, 3.8) is 0 Å². The minimum absolute atomic E-state index is 0.0600. The average Bonchev–Trinajstić information content (AvgIpc) is 2.87. The predicted molar refractivity (Wildman–Crippen MR) is 66.4 cm³/mol. The Kier molecular flexibility index (Phi) is 2.87. The number of methoxy groups -OCH3 is 1. The minimum Gasteiger partial charge on any atom is -0.381 e. The number of hydrogen-bond acceptors (Lipinski definition) is 5. The molecule has 2 aliphatic rings. The van der Waals surface area contributed by atoms with Gasteiger partial charge in [-0.25, -0.2) is 9.97 Å². The number of carbonyl (C=O) groups excluding carboxylic acids is 1. The molecule has 6 heteroatoms. The first-order valence-electron chi connectivity index (χ1n) is 6.19. The van der Waals surface area contributed by atoms with E-state index >= 15 is 0 Å². The number of carbonyl (C=O) groups is 1. The zero-order chi connectivity index (χ0) is 12.5. The zero-order valence-corrected chi connectivity index (χ0v) is 10.3. The molecular weight excluding hydrogens is 232 g/mol. The van der Waals surface area contributed by atoms with Crippen LogP contribution in [-0.2, 0) is 9.53 Å². The van der Waals surface area contributed by atoms with E-state index in [9.17, 15) is 4.79 Å². The van der Waals surface area contributed by atoms with Gasteiger partial charge < -0.3 is 10.1 Å². The van der Waals surface area contributed by atoms with Crippen molar-refractivity contribution in [2.24, 2.45) is 0 Å². The molecule has 3 rings (SSSR count). The summed E-state index contributed by atoms with van der Waals surface area (Å²) < 4.78 is 5.37. The lowest BCUT2D eigenvalue weighted by Gasteiger charge is -2.32. The van der Waals surface area contributed by atoms with Gasteiger partial charge in [0.2, 0.25) is 5.91 Å². The van der Waals surface area contributed by atoms with Crippen LogP contribution in [0.3, 0.4) is 0 Å². The highest BCUT2D eigenvalue weighted by atomic mass is 16.5. The van der Waals surface area contributed by atoms with E-state index in [0.717, 1.165) is 19.3 Å². The normalized spacial score (nSPS) is 26.9. The van der Waals surface area contributed by atoms with Crippen molar-refractivity contribution in [2.75, 3.05) is 23.9 Å². The Balaban J connectivity index is 1.89. The first kappa shape index (κ1) is 11.4. The third-order valence-electron chi connectivity index (χ3n) is 3.64. The van der Waals surface area contributed by atoms with Gasteiger partial charge >= 0.3 is 0 Å². The highest BCUT2D eigenvalue weighted by molar-refractivity contribution is 6.01. The smallest absolute Gasteiger partial charge is 0.247 e. The molecule has 96 valence electrons. The molecule has 1 fully saturated rings. The summed E-state index contributed by atoms with van der Waals surface area (Å²) in [5.41, 5.74) is 0. The van der Waals surface area contributed by atoms with Gasteiger partial charge in [-0.2, -0.15) is 0 Å². The predicted octanol–water partition coefficient (Wildman–Crippen LogP) is 0.803. The maximum Gasteiger partial charge on any atom is 0.247 e. The van der Waals surface area contributed by atoms with Gasteiger partial charge in [-0.1, -0.05) is 0 Å². The van der Waals surface area contributed by atoms with Crippen molar-refractivity contribution in [2.45, 2.75) is 31.4 Å². The number of aromatic nitrogens is 2. The van der Waals surface area contributed by atoms with Crippen LogP contribution >= 0.6 is 0 Å². The van der Waals surface area contributed by atoms with Crippen LogP contribution in [0.1, 0.15) is 19.3 Å². The van der Waals surface area contributed by atoms with Crippen LogP contribution < -0.4 is 10.2 Å². The summed E-state index contributed by atoms with van der Waals surface area (Å²) in [5, 5.41) is 2.99. The molecular formula is C12H16N4O2. The number of fused-ring (bicyclic) bond motifs is 1. The van der Waals surface area contributed by atoms with Gasteiger partial charge in [0.1, 0.15) is 0 Å². The molecule has 0 saturated heterocycles. The lowest BCUT2D eigenvalue weighted by atomic mass is 10.2. The van der Waals surface area contributed by atoms with Crippen molar-refractivity contribution in [3.8, 4) is 0 Å². The highest BCUT2D eigenvalue weighted by Gasteiger charge is 2.36. The second-order valence-electron chi connectivity index (χ2n) is 4.67. The van der Waals surface area contributed by atoms with Gasteiger partial charge in [-0.3, -0.25) is 9.69 Å². The summed E-state index contributed by atoms with van der Waals surface area (Å²) in [4.78, 5) is 22.4. The molecule has 6 nitrogen and oxygen atoms in total. The van der Waals surface area contributed by atoms with E-state index in [4.69, 9.17) is 4.74 Å². The number of rotatable bonds is 2. The molecule has 1 aromatic heterocycles.